The van der Waals surface area contributed by atoms with Crippen LogP contribution in [0.1, 0.15) is 24.8 Å². The van der Waals surface area contributed by atoms with Gasteiger partial charge in [0.1, 0.15) is 0 Å². The minimum atomic E-state index is -0.783. The van der Waals surface area contributed by atoms with Crippen LogP contribution in [0.15, 0.2) is 18.2 Å². The quantitative estimate of drug-likeness (QED) is 0.887. The van der Waals surface area contributed by atoms with E-state index >= 15 is 0 Å². The van der Waals surface area contributed by atoms with Crippen molar-refractivity contribution in [1.82, 2.24) is 5.32 Å². The van der Waals surface area contributed by atoms with Gasteiger partial charge in [-0.15, -0.1) is 0 Å². The second-order valence-electron chi connectivity index (χ2n) is 5.23. The summed E-state index contributed by atoms with van der Waals surface area (Å²) in [6.07, 6.45) is 3.97. The fraction of sp³-hybridized carbons (Fsp3) is 0.600. The van der Waals surface area contributed by atoms with Crippen LogP contribution in [-0.4, -0.2) is 26.3 Å². The molecule has 1 saturated heterocycles. The first-order valence-corrected chi connectivity index (χ1v) is 6.88. The van der Waals surface area contributed by atoms with Gasteiger partial charge in [-0.05, 0) is 56.3 Å². The molecule has 106 valence electrons. The van der Waals surface area contributed by atoms with Crippen molar-refractivity contribution in [2.45, 2.75) is 31.7 Å². The van der Waals surface area contributed by atoms with Crippen molar-refractivity contribution in [2.75, 3.05) is 20.3 Å². The SMILES string of the molecule is CNC(Cc1ccc(F)c(F)c1)CC1CCOCC1. The van der Waals surface area contributed by atoms with Crippen LogP contribution < -0.4 is 5.32 Å². The molecule has 1 aromatic rings. The minimum Gasteiger partial charge on any atom is -0.381 e. The fourth-order valence-electron chi connectivity index (χ4n) is 2.64. The van der Waals surface area contributed by atoms with E-state index in [0.29, 0.717) is 12.0 Å². The van der Waals surface area contributed by atoms with E-state index in [-0.39, 0.29) is 0 Å². The second kappa shape index (κ2) is 6.96. The van der Waals surface area contributed by atoms with Crippen LogP contribution in [0.4, 0.5) is 8.78 Å². The van der Waals surface area contributed by atoms with Gasteiger partial charge in [0.2, 0.25) is 0 Å². The predicted octanol–water partition coefficient (Wildman–Crippen LogP) is 2.91. The van der Waals surface area contributed by atoms with E-state index in [1.807, 2.05) is 7.05 Å². The summed E-state index contributed by atoms with van der Waals surface area (Å²) in [4.78, 5) is 0. The van der Waals surface area contributed by atoms with Crippen molar-refractivity contribution in [3.05, 3.63) is 35.4 Å². The zero-order valence-corrected chi connectivity index (χ0v) is 11.3. The summed E-state index contributed by atoms with van der Waals surface area (Å²) in [7, 11) is 1.92. The number of nitrogens with one attached hydrogen (secondary N) is 1. The zero-order valence-electron chi connectivity index (χ0n) is 11.3. The lowest BCUT2D eigenvalue weighted by Gasteiger charge is -2.26. The normalized spacial score (nSPS) is 18.5. The van der Waals surface area contributed by atoms with E-state index in [1.54, 1.807) is 6.07 Å². The van der Waals surface area contributed by atoms with Gasteiger partial charge in [0.25, 0.3) is 0 Å². The first-order valence-electron chi connectivity index (χ1n) is 6.88. The number of hydrogen-bond donors (Lipinski definition) is 1. The van der Waals surface area contributed by atoms with E-state index in [4.69, 9.17) is 4.74 Å². The molecular formula is C15H21F2NO. The summed E-state index contributed by atoms with van der Waals surface area (Å²) < 4.78 is 31.4. The highest BCUT2D eigenvalue weighted by molar-refractivity contribution is 5.18. The van der Waals surface area contributed by atoms with E-state index < -0.39 is 11.6 Å². The maximum absolute atomic E-state index is 13.2. The Morgan fingerprint density at radius 2 is 2.00 bits per heavy atom. The number of benzene rings is 1. The van der Waals surface area contributed by atoms with Crippen molar-refractivity contribution < 1.29 is 13.5 Å². The molecule has 1 fully saturated rings. The van der Waals surface area contributed by atoms with Crippen LogP contribution in [0.5, 0.6) is 0 Å². The lowest BCUT2D eigenvalue weighted by molar-refractivity contribution is 0.0608. The third kappa shape index (κ3) is 4.25. The Morgan fingerprint density at radius 1 is 1.26 bits per heavy atom. The highest BCUT2D eigenvalue weighted by Crippen LogP contribution is 2.22. The second-order valence-corrected chi connectivity index (χ2v) is 5.23. The fourth-order valence-corrected chi connectivity index (χ4v) is 2.64. The van der Waals surface area contributed by atoms with Crippen LogP contribution in [0.2, 0.25) is 0 Å². The molecule has 1 aliphatic heterocycles. The molecule has 1 N–H and O–H groups in total. The maximum Gasteiger partial charge on any atom is 0.159 e. The molecule has 0 radical (unpaired) electrons. The molecule has 0 aromatic heterocycles. The van der Waals surface area contributed by atoms with Crippen molar-refractivity contribution >= 4 is 0 Å². The molecule has 2 nitrogen and oxygen atoms in total. The van der Waals surface area contributed by atoms with Crippen molar-refractivity contribution in [2.24, 2.45) is 5.92 Å². The van der Waals surface area contributed by atoms with E-state index in [2.05, 4.69) is 5.32 Å². The van der Waals surface area contributed by atoms with Gasteiger partial charge in [0.05, 0.1) is 0 Å². The first-order chi connectivity index (χ1) is 9.19. The van der Waals surface area contributed by atoms with Gasteiger partial charge < -0.3 is 10.1 Å². The van der Waals surface area contributed by atoms with Crippen LogP contribution in [0.3, 0.4) is 0 Å². The van der Waals surface area contributed by atoms with E-state index in [9.17, 15) is 8.78 Å². The van der Waals surface area contributed by atoms with Crippen LogP contribution in [-0.2, 0) is 11.2 Å². The highest BCUT2D eigenvalue weighted by atomic mass is 19.2. The van der Waals surface area contributed by atoms with Crippen LogP contribution >= 0.6 is 0 Å². The number of likely N-dealkylation sites (N-methyl/N-ethyl adjacent to an activating group) is 1. The Kier molecular flexibility index (Phi) is 5.28. The first kappa shape index (κ1) is 14.4. The molecule has 0 aliphatic carbocycles. The molecule has 0 spiro atoms. The molecule has 1 aliphatic rings. The lowest BCUT2D eigenvalue weighted by Crippen LogP contribution is -2.32. The monoisotopic (exact) mass is 269 g/mol. The molecule has 4 heteroatoms. The average molecular weight is 269 g/mol. The van der Waals surface area contributed by atoms with Crippen molar-refractivity contribution in [1.29, 1.82) is 0 Å². The van der Waals surface area contributed by atoms with Gasteiger partial charge in [-0.2, -0.15) is 0 Å². The Bertz CT molecular complexity index is 405. The smallest absolute Gasteiger partial charge is 0.159 e. The largest absolute Gasteiger partial charge is 0.381 e. The minimum absolute atomic E-state index is 0.299. The summed E-state index contributed by atoms with van der Waals surface area (Å²) in [5.41, 5.74) is 0.838. The molecule has 2 rings (SSSR count). The molecule has 1 heterocycles. The number of halogens is 2. The summed E-state index contributed by atoms with van der Waals surface area (Å²) >= 11 is 0. The summed E-state index contributed by atoms with van der Waals surface area (Å²) in [6, 6.07) is 4.45. The molecule has 1 unspecified atom stereocenters. The molecule has 0 saturated carbocycles. The summed E-state index contributed by atoms with van der Waals surface area (Å²) in [5, 5.41) is 3.27. The number of rotatable bonds is 5. The summed E-state index contributed by atoms with van der Waals surface area (Å²) in [5.74, 6) is -0.885. The van der Waals surface area contributed by atoms with E-state index in [1.165, 1.54) is 12.1 Å². The molecule has 19 heavy (non-hydrogen) atoms. The molecular weight excluding hydrogens is 248 g/mol. The van der Waals surface area contributed by atoms with Crippen molar-refractivity contribution in [3.63, 3.8) is 0 Å². The third-order valence-corrected chi connectivity index (χ3v) is 3.83. The molecule has 0 amide bonds. The van der Waals surface area contributed by atoms with E-state index in [0.717, 1.165) is 44.5 Å². The highest BCUT2D eigenvalue weighted by Gasteiger charge is 2.19. The molecule has 1 atom stereocenters. The molecule has 1 aromatic carbocycles. The standard InChI is InChI=1S/C15H21F2NO/c1-18-13(8-11-4-6-19-7-5-11)9-12-2-3-14(16)15(17)10-12/h2-3,10-11,13,18H,4-9H2,1H3. The number of ether oxygens (including phenoxy) is 1. The average Bonchev–Trinajstić information content (AvgIpc) is 2.43. The van der Waals surface area contributed by atoms with Gasteiger partial charge in [-0.1, -0.05) is 6.07 Å². The predicted molar refractivity (Wildman–Crippen MR) is 71.1 cm³/mol. The Hall–Kier alpha value is -1.00. The van der Waals surface area contributed by atoms with Gasteiger partial charge >= 0.3 is 0 Å². The topological polar surface area (TPSA) is 21.3 Å². The van der Waals surface area contributed by atoms with Crippen molar-refractivity contribution in [3.8, 4) is 0 Å². The number of hydrogen-bond acceptors (Lipinski definition) is 2. The van der Waals surface area contributed by atoms with Gasteiger partial charge in [0.15, 0.2) is 11.6 Å². The zero-order chi connectivity index (χ0) is 13.7. The molecule has 0 bridgehead atoms. The third-order valence-electron chi connectivity index (χ3n) is 3.83. The van der Waals surface area contributed by atoms with Crippen LogP contribution in [0, 0.1) is 17.6 Å². The Balaban J connectivity index is 1.92. The maximum atomic E-state index is 13.2. The van der Waals surface area contributed by atoms with Gasteiger partial charge in [-0.25, -0.2) is 8.78 Å². The van der Waals surface area contributed by atoms with Gasteiger partial charge in [-0.3, -0.25) is 0 Å². The van der Waals surface area contributed by atoms with Gasteiger partial charge in [0, 0.05) is 19.3 Å². The summed E-state index contributed by atoms with van der Waals surface area (Å²) in [6.45, 7) is 1.68. The Morgan fingerprint density at radius 3 is 2.63 bits per heavy atom. The Labute approximate surface area is 113 Å². The lowest BCUT2D eigenvalue weighted by atomic mass is 9.90. The van der Waals surface area contributed by atoms with Crippen LogP contribution in [0.25, 0.3) is 0 Å².